The van der Waals surface area contributed by atoms with Crippen LogP contribution in [0.1, 0.15) is 16.1 Å². The number of rotatable bonds is 4. The van der Waals surface area contributed by atoms with Gasteiger partial charge in [0.2, 0.25) is 5.76 Å². The third-order valence-corrected chi connectivity index (χ3v) is 2.63. The van der Waals surface area contributed by atoms with E-state index in [0.29, 0.717) is 5.56 Å². The number of nitro groups is 1. The molecule has 20 heavy (non-hydrogen) atoms. The van der Waals surface area contributed by atoms with Crippen LogP contribution < -0.4 is 5.43 Å². The van der Waals surface area contributed by atoms with Crippen molar-refractivity contribution in [3.63, 3.8) is 0 Å². The molecule has 0 aromatic carbocycles. The van der Waals surface area contributed by atoms with Crippen molar-refractivity contribution in [1.82, 2.24) is 4.57 Å². The van der Waals surface area contributed by atoms with Crippen LogP contribution >= 0.6 is 0 Å². The highest BCUT2D eigenvalue weighted by Crippen LogP contribution is 2.14. The molecule has 0 atom stereocenters. The van der Waals surface area contributed by atoms with Gasteiger partial charge >= 0.3 is 11.7 Å². The van der Waals surface area contributed by atoms with Gasteiger partial charge in [-0.05, 0) is 6.07 Å². The number of carbonyl (C=O) groups excluding carboxylic acids is 1. The predicted octanol–water partition coefficient (Wildman–Crippen LogP) is 1.18. The lowest BCUT2D eigenvalue weighted by atomic mass is 10.2. The van der Waals surface area contributed by atoms with Crippen LogP contribution in [0.15, 0.2) is 40.0 Å². The molecule has 104 valence electrons. The molecule has 2 aromatic rings. The fraction of sp³-hybridized carbons (Fsp3) is 0.167. The highest BCUT2D eigenvalue weighted by atomic mass is 16.6. The summed E-state index contributed by atoms with van der Waals surface area (Å²) in [6.07, 6.45) is 3.82. The summed E-state index contributed by atoms with van der Waals surface area (Å²) < 4.78 is 11.0. The molecule has 0 aliphatic heterocycles. The van der Waals surface area contributed by atoms with E-state index in [4.69, 9.17) is 4.42 Å². The number of furan rings is 1. The number of aromatic nitrogens is 1. The van der Waals surface area contributed by atoms with Crippen LogP contribution in [0.25, 0.3) is 0 Å². The third kappa shape index (κ3) is 2.58. The second-order valence-corrected chi connectivity index (χ2v) is 3.89. The molecule has 0 saturated carbocycles. The van der Waals surface area contributed by atoms with E-state index in [1.165, 1.54) is 24.1 Å². The first kappa shape index (κ1) is 13.5. The molecular weight excluding hydrogens is 268 g/mol. The van der Waals surface area contributed by atoms with E-state index < -0.39 is 22.0 Å². The van der Waals surface area contributed by atoms with Crippen molar-refractivity contribution in [1.29, 1.82) is 0 Å². The van der Waals surface area contributed by atoms with E-state index in [1.54, 1.807) is 6.07 Å². The second-order valence-electron chi connectivity index (χ2n) is 3.89. The summed E-state index contributed by atoms with van der Waals surface area (Å²) in [7, 11) is 1.22. The van der Waals surface area contributed by atoms with Gasteiger partial charge < -0.3 is 13.7 Å². The SMILES string of the molecule is COC(=O)c1occc1Cn1ccc(=O)c([N+](=O)[O-])c1. The number of nitrogens with zero attached hydrogens (tertiary/aromatic N) is 2. The quantitative estimate of drug-likeness (QED) is 0.472. The third-order valence-electron chi connectivity index (χ3n) is 2.63. The molecule has 2 heterocycles. The van der Waals surface area contributed by atoms with Gasteiger partial charge in [-0.15, -0.1) is 0 Å². The Hall–Kier alpha value is -2.90. The maximum absolute atomic E-state index is 11.4. The molecule has 8 heteroatoms. The average molecular weight is 278 g/mol. The first-order valence-electron chi connectivity index (χ1n) is 5.52. The van der Waals surface area contributed by atoms with Crippen molar-refractivity contribution < 1.29 is 18.9 Å². The van der Waals surface area contributed by atoms with Gasteiger partial charge in [0.05, 0.1) is 31.0 Å². The summed E-state index contributed by atoms with van der Waals surface area (Å²) in [5.41, 5.74) is -0.711. The number of hydrogen-bond donors (Lipinski definition) is 0. The second kappa shape index (κ2) is 5.39. The number of carbonyl (C=O) groups is 1. The number of esters is 1. The van der Waals surface area contributed by atoms with Crippen LogP contribution in [0.2, 0.25) is 0 Å². The first-order chi connectivity index (χ1) is 9.52. The fourth-order valence-corrected chi connectivity index (χ4v) is 1.68. The molecular formula is C12H10N2O6. The Morgan fingerprint density at radius 1 is 1.50 bits per heavy atom. The Morgan fingerprint density at radius 2 is 2.25 bits per heavy atom. The summed E-state index contributed by atoms with van der Waals surface area (Å²) in [5.74, 6) is -0.616. The van der Waals surface area contributed by atoms with Gasteiger partial charge in [-0.3, -0.25) is 14.9 Å². The van der Waals surface area contributed by atoms with Crippen LogP contribution in [0.5, 0.6) is 0 Å². The Bertz CT molecular complexity index is 715. The number of pyridine rings is 1. The summed E-state index contributed by atoms with van der Waals surface area (Å²) in [6.45, 7) is 0.141. The largest absolute Gasteiger partial charge is 0.463 e. The molecule has 2 aromatic heterocycles. The van der Waals surface area contributed by atoms with Crippen LogP contribution in [-0.2, 0) is 11.3 Å². The Morgan fingerprint density at radius 3 is 2.90 bits per heavy atom. The average Bonchev–Trinajstić information content (AvgIpc) is 2.88. The van der Waals surface area contributed by atoms with E-state index in [9.17, 15) is 19.7 Å². The molecule has 0 spiro atoms. The maximum atomic E-state index is 11.4. The van der Waals surface area contributed by atoms with Crippen molar-refractivity contribution in [3.8, 4) is 0 Å². The van der Waals surface area contributed by atoms with Gasteiger partial charge in [0, 0.05) is 17.8 Å². The Balaban J connectivity index is 2.34. The van der Waals surface area contributed by atoms with Crippen molar-refractivity contribution in [2.24, 2.45) is 0 Å². The van der Waals surface area contributed by atoms with Crippen LogP contribution in [0.3, 0.4) is 0 Å². The highest BCUT2D eigenvalue weighted by Gasteiger charge is 2.17. The molecule has 0 amide bonds. The van der Waals surface area contributed by atoms with Gasteiger partial charge in [0.25, 0.3) is 5.43 Å². The number of ether oxygens (including phenoxy) is 1. The molecule has 0 unspecified atom stereocenters. The zero-order valence-corrected chi connectivity index (χ0v) is 10.4. The predicted molar refractivity (Wildman–Crippen MR) is 66.5 cm³/mol. The molecule has 0 N–H and O–H groups in total. The van der Waals surface area contributed by atoms with E-state index in [-0.39, 0.29) is 12.3 Å². The zero-order valence-electron chi connectivity index (χ0n) is 10.4. The maximum Gasteiger partial charge on any atom is 0.374 e. The van der Waals surface area contributed by atoms with E-state index in [2.05, 4.69) is 4.74 Å². The minimum atomic E-state index is -0.755. The molecule has 8 nitrogen and oxygen atoms in total. The van der Waals surface area contributed by atoms with Gasteiger partial charge in [-0.25, -0.2) is 4.79 Å². The summed E-state index contributed by atoms with van der Waals surface area (Å²) in [4.78, 5) is 32.7. The smallest absolute Gasteiger partial charge is 0.374 e. The van der Waals surface area contributed by atoms with Gasteiger partial charge in [-0.2, -0.15) is 0 Å². The van der Waals surface area contributed by atoms with E-state index >= 15 is 0 Å². The summed E-state index contributed by atoms with van der Waals surface area (Å²) in [6, 6.07) is 2.65. The Kier molecular flexibility index (Phi) is 3.65. The minimum absolute atomic E-state index is 0.0221. The van der Waals surface area contributed by atoms with E-state index in [0.717, 1.165) is 12.3 Å². The van der Waals surface area contributed by atoms with Crippen LogP contribution in [0.4, 0.5) is 5.69 Å². The summed E-state index contributed by atoms with van der Waals surface area (Å²) >= 11 is 0. The Labute approximate surface area is 112 Å². The molecule has 0 aliphatic carbocycles. The lowest BCUT2D eigenvalue weighted by molar-refractivity contribution is -0.386. The fourth-order valence-electron chi connectivity index (χ4n) is 1.68. The van der Waals surface area contributed by atoms with Crippen molar-refractivity contribution in [2.45, 2.75) is 6.54 Å². The lowest BCUT2D eigenvalue weighted by Gasteiger charge is -2.05. The van der Waals surface area contributed by atoms with Gasteiger partial charge in [-0.1, -0.05) is 0 Å². The highest BCUT2D eigenvalue weighted by molar-refractivity contribution is 5.87. The van der Waals surface area contributed by atoms with E-state index in [1.807, 2.05) is 0 Å². The molecule has 0 bridgehead atoms. The standard InChI is InChI=1S/C12H10N2O6/c1-19-12(16)11-8(3-5-20-11)6-13-4-2-10(15)9(7-13)14(17)18/h2-5,7H,6H2,1H3. The van der Waals surface area contributed by atoms with Crippen molar-refractivity contribution in [3.05, 3.63) is 62.5 Å². The molecule has 2 rings (SSSR count). The number of hydrogen-bond acceptors (Lipinski definition) is 6. The van der Waals surface area contributed by atoms with Crippen LogP contribution in [0, 0.1) is 10.1 Å². The van der Waals surface area contributed by atoms with Crippen LogP contribution in [-0.4, -0.2) is 22.6 Å². The minimum Gasteiger partial charge on any atom is -0.463 e. The topological polar surface area (TPSA) is 105 Å². The normalized spacial score (nSPS) is 10.2. The summed E-state index contributed by atoms with van der Waals surface area (Å²) in [5, 5.41) is 10.7. The monoisotopic (exact) mass is 278 g/mol. The zero-order chi connectivity index (χ0) is 14.7. The lowest BCUT2D eigenvalue weighted by Crippen LogP contribution is -2.12. The molecule has 0 aliphatic rings. The van der Waals surface area contributed by atoms with Gasteiger partial charge in [0.15, 0.2) is 0 Å². The molecule has 0 fully saturated rings. The van der Waals surface area contributed by atoms with Crippen molar-refractivity contribution >= 4 is 11.7 Å². The molecule has 0 saturated heterocycles. The first-order valence-corrected chi connectivity index (χ1v) is 5.52. The molecule has 0 radical (unpaired) electrons. The number of methoxy groups -OCH3 is 1. The van der Waals surface area contributed by atoms with Gasteiger partial charge in [0.1, 0.15) is 0 Å². The van der Waals surface area contributed by atoms with Crippen molar-refractivity contribution in [2.75, 3.05) is 7.11 Å².